The zero-order chi connectivity index (χ0) is 28.1. The molecule has 1 unspecified atom stereocenters. The van der Waals surface area contributed by atoms with Gasteiger partial charge in [0.1, 0.15) is 11.6 Å². The van der Waals surface area contributed by atoms with Crippen LogP contribution >= 0.6 is 0 Å². The molecule has 41 heavy (non-hydrogen) atoms. The average Bonchev–Trinajstić information content (AvgIpc) is 3.39. The molecule has 11 nitrogen and oxygen atoms in total. The lowest BCUT2D eigenvalue weighted by atomic mass is 9.96. The number of aryl methyl sites for hydroxylation is 2. The molecule has 5 heterocycles. The molecule has 12 heteroatoms. The minimum absolute atomic E-state index is 0.0234. The topological polar surface area (TPSA) is 118 Å². The molecule has 1 aromatic carbocycles. The van der Waals surface area contributed by atoms with Crippen LogP contribution in [0, 0.1) is 6.92 Å². The van der Waals surface area contributed by atoms with Crippen molar-refractivity contribution in [2.45, 2.75) is 57.9 Å². The van der Waals surface area contributed by atoms with Crippen molar-refractivity contribution in [2.24, 2.45) is 0 Å². The molecule has 0 radical (unpaired) electrons. The fourth-order valence-corrected chi connectivity index (χ4v) is 6.98. The Bertz CT molecular complexity index is 1730. The highest BCUT2D eigenvalue weighted by Crippen LogP contribution is 2.39. The predicted molar refractivity (Wildman–Crippen MR) is 159 cm³/mol. The Hall–Kier alpha value is -3.51. The zero-order valence-electron chi connectivity index (χ0n) is 23.6. The van der Waals surface area contributed by atoms with Gasteiger partial charge in [0, 0.05) is 42.3 Å². The fraction of sp³-hybridized carbons (Fsp3) is 0.517. The maximum Gasteiger partial charge on any atom is 0.239 e. The quantitative estimate of drug-likeness (QED) is 0.379. The third-order valence-corrected chi connectivity index (χ3v) is 8.96. The molecule has 1 atom stereocenters. The third-order valence-electron chi connectivity index (χ3n) is 8.40. The average molecular weight is 577 g/mol. The molecule has 4 aromatic rings. The monoisotopic (exact) mass is 576 g/mol. The van der Waals surface area contributed by atoms with E-state index in [1.165, 1.54) is 29.9 Å². The second kappa shape index (κ2) is 10.4. The van der Waals surface area contributed by atoms with Gasteiger partial charge in [0.05, 0.1) is 36.7 Å². The van der Waals surface area contributed by atoms with E-state index in [4.69, 9.17) is 19.8 Å². The minimum atomic E-state index is -3.54. The van der Waals surface area contributed by atoms with Gasteiger partial charge in [-0.3, -0.25) is 4.72 Å². The SMILES string of the molecule is Cc1ccc2nc(NS(C)(=O)=O)nc(N3CCCCC3c3cc4nc5c(c(N6CCOCC6)n4n3)CCCC5)c2c1. The van der Waals surface area contributed by atoms with Crippen LogP contribution < -0.4 is 14.5 Å². The van der Waals surface area contributed by atoms with Crippen LogP contribution in [0.15, 0.2) is 24.3 Å². The van der Waals surface area contributed by atoms with Gasteiger partial charge >= 0.3 is 0 Å². The molecule has 0 bridgehead atoms. The zero-order valence-corrected chi connectivity index (χ0v) is 24.5. The fourth-order valence-electron chi connectivity index (χ4n) is 6.56. The van der Waals surface area contributed by atoms with Crippen LogP contribution in [0.25, 0.3) is 16.6 Å². The summed E-state index contributed by atoms with van der Waals surface area (Å²) in [5.74, 6) is 1.98. The molecule has 2 fully saturated rings. The van der Waals surface area contributed by atoms with E-state index in [0.29, 0.717) is 18.7 Å². The summed E-state index contributed by atoms with van der Waals surface area (Å²) in [6.07, 6.45) is 8.50. The number of piperidine rings is 1. The lowest BCUT2D eigenvalue weighted by Crippen LogP contribution is -2.38. The second-order valence-corrected chi connectivity index (χ2v) is 13.2. The van der Waals surface area contributed by atoms with E-state index in [-0.39, 0.29) is 12.0 Å². The van der Waals surface area contributed by atoms with Gasteiger partial charge in [-0.15, -0.1) is 0 Å². The Kier molecular flexibility index (Phi) is 6.69. The molecule has 0 spiro atoms. The molecule has 3 aliphatic rings. The van der Waals surface area contributed by atoms with Crippen LogP contribution in [-0.2, 0) is 27.6 Å². The standard InChI is InChI=1S/C29H36N8O3S/c1-19-10-11-23-21(17-19)27(32-29(31-23)34-41(2,38)39)36-12-6-5-9-25(36)24-18-26-30-22-8-4-3-7-20(22)28(37(26)33-24)35-13-15-40-16-14-35/h10-11,17-18,25H,3-9,12-16H2,1-2H3,(H,31,32,34). The van der Waals surface area contributed by atoms with Crippen molar-refractivity contribution in [3.05, 3.63) is 46.8 Å². The smallest absolute Gasteiger partial charge is 0.239 e. The van der Waals surface area contributed by atoms with Crippen LogP contribution in [0.3, 0.4) is 0 Å². The molecule has 0 saturated carbocycles. The van der Waals surface area contributed by atoms with E-state index in [9.17, 15) is 8.42 Å². The van der Waals surface area contributed by atoms with Crippen molar-refractivity contribution in [1.29, 1.82) is 0 Å². The van der Waals surface area contributed by atoms with E-state index in [2.05, 4.69) is 36.2 Å². The van der Waals surface area contributed by atoms with Crippen molar-refractivity contribution >= 4 is 44.2 Å². The first-order valence-corrected chi connectivity index (χ1v) is 16.5. The molecular weight excluding hydrogens is 540 g/mol. The summed E-state index contributed by atoms with van der Waals surface area (Å²) in [7, 11) is -3.54. The maximum absolute atomic E-state index is 12.1. The molecule has 1 aliphatic carbocycles. The van der Waals surface area contributed by atoms with Gasteiger partial charge in [0.25, 0.3) is 0 Å². The first kappa shape index (κ1) is 26.4. The van der Waals surface area contributed by atoms with E-state index in [1.807, 2.05) is 19.1 Å². The number of fused-ring (bicyclic) bond motifs is 3. The van der Waals surface area contributed by atoms with Gasteiger partial charge in [0.2, 0.25) is 16.0 Å². The number of hydrogen-bond acceptors (Lipinski definition) is 9. The Labute approximate surface area is 240 Å². The molecule has 7 rings (SSSR count). The van der Waals surface area contributed by atoms with Gasteiger partial charge in [-0.05, 0) is 64.0 Å². The van der Waals surface area contributed by atoms with Gasteiger partial charge in [-0.2, -0.15) is 14.6 Å². The van der Waals surface area contributed by atoms with Crippen LogP contribution in [0.1, 0.15) is 60.7 Å². The van der Waals surface area contributed by atoms with Crippen molar-refractivity contribution in [3.63, 3.8) is 0 Å². The highest BCUT2D eigenvalue weighted by Gasteiger charge is 2.32. The third kappa shape index (κ3) is 5.07. The summed E-state index contributed by atoms with van der Waals surface area (Å²) >= 11 is 0. The van der Waals surface area contributed by atoms with E-state index in [0.717, 1.165) is 86.1 Å². The highest BCUT2D eigenvalue weighted by atomic mass is 32.2. The Morgan fingerprint density at radius 2 is 1.80 bits per heavy atom. The predicted octanol–water partition coefficient (Wildman–Crippen LogP) is 3.80. The maximum atomic E-state index is 12.1. The lowest BCUT2D eigenvalue weighted by Gasteiger charge is -2.36. The van der Waals surface area contributed by atoms with E-state index < -0.39 is 10.0 Å². The number of nitrogens with one attached hydrogen (secondary N) is 1. The molecule has 216 valence electrons. The van der Waals surface area contributed by atoms with Gasteiger partial charge in [0.15, 0.2) is 5.65 Å². The Morgan fingerprint density at radius 3 is 2.63 bits per heavy atom. The molecule has 0 amide bonds. The normalized spacial score (nSPS) is 20.0. The van der Waals surface area contributed by atoms with Crippen molar-refractivity contribution < 1.29 is 13.2 Å². The van der Waals surface area contributed by atoms with Gasteiger partial charge in [-0.1, -0.05) is 11.6 Å². The summed E-state index contributed by atoms with van der Waals surface area (Å²) in [6, 6.07) is 8.11. The molecule has 1 N–H and O–H groups in total. The molecule has 2 saturated heterocycles. The number of rotatable bonds is 5. The van der Waals surface area contributed by atoms with Crippen molar-refractivity contribution in [3.8, 4) is 0 Å². The van der Waals surface area contributed by atoms with Crippen molar-refractivity contribution in [2.75, 3.05) is 53.6 Å². The number of anilines is 3. The minimum Gasteiger partial charge on any atom is -0.378 e. The summed E-state index contributed by atoms with van der Waals surface area (Å²) in [5, 5.41) is 6.15. The number of nitrogens with zero attached hydrogens (tertiary/aromatic N) is 7. The number of sulfonamides is 1. The molecule has 2 aliphatic heterocycles. The van der Waals surface area contributed by atoms with Gasteiger partial charge in [-0.25, -0.2) is 18.4 Å². The van der Waals surface area contributed by atoms with Crippen LogP contribution in [0.4, 0.5) is 17.6 Å². The first-order valence-electron chi connectivity index (χ1n) is 14.6. The lowest BCUT2D eigenvalue weighted by molar-refractivity contribution is 0.122. The molecule has 3 aromatic heterocycles. The number of benzene rings is 1. The summed E-state index contributed by atoms with van der Waals surface area (Å²) in [4.78, 5) is 19.1. The van der Waals surface area contributed by atoms with Crippen molar-refractivity contribution in [1.82, 2.24) is 24.6 Å². The van der Waals surface area contributed by atoms with Crippen LogP contribution in [-0.4, -0.2) is 72.1 Å². The van der Waals surface area contributed by atoms with E-state index >= 15 is 0 Å². The number of morpholine rings is 1. The summed E-state index contributed by atoms with van der Waals surface area (Å²) in [6.45, 7) is 5.96. The van der Waals surface area contributed by atoms with Gasteiger partial charge < -0.3 is 14.5 Å². The number of hydrogen-bond donors (Lipinski definition) is 1. The Balaban J connectivity index is 1.36. The summed E-state index contributed by atoms with van der Waals surface area (Å²) in [5.41, 5.74) is 6.18. The second-order valence-electron chi connectivity index (χ2n) is 11.5. The molecular formula is C29H36N8O3S. The first-order chi connectivity index (χ1) is 19.8. The van der Waals surface area contributed by atoms with Crippen LogP contribution in [0.5, 0.6) is 0 Å². The number of aromatic nitrogens is 5. The largest absolute Gasteiger partial charge is 0.378 e. The Morgan fingerprint density at radius 1 is 0.976 bits per heavy atom. The summed E-state index contributed by atoms with van der Waals surface area (Å²) < 4.78 is 34.4. The number of ether oxygens (including phenoxy) is 1. The highest BCUT2D eigenvalue weighted by molar-refractivity contribution is 7.92. The van der Waals surface area contributed by atoms with Crippen LogP contribution in [0.2, 0.25) is 0 Å². The van der Waals surface area contributed by atoms with E-state index in [1.54, 1.807) is 0 Å².